The van der Waals surface area contributed by atoms with E-state index in [1.165, 1.54) is 0 Å². The van der Waals surface area contributed by atoms with E-state index in [4.69, 9.17) is 5.73 Å². The van der Waals surface area contributed by atoms with Crippen LogP contribution in [0.1, 0.15) is 25.6 Å². The van der Waals surface area contributed by atoms with E-state index < -0.39 is 0 Å². The van der Waals surface area contributed by atoms with Crippen LogP contribution in [0.3, 0.4) is 0 Å². The zero-order valence-corrected chi connectivity index (χ0v) is 9.40. The van der Waals surface area contributed by atoms with E-state index in [2.05, 4.69) is 21.8 Å². The van der Waals surface area contributed by atoms with Crippen molar-refractivity contribution in [1.82, 2.24) is 9.97 Å². The van der Waals surface area contributed by atoms with Crippen molar-refractivity contribution in [2.45, 2.75) is 32.2 Å². The number of nitrogens with zero attached hydrogens (tertiary/aromatic N) is 3. The van der Waals surface area contributed by atoms with Crippen LogP contribution in [-0.4, -0.2) is 28.6 Å². The molecule has 0 atom stereocenters. The predicted molar refractivity (Wildman–Crippen MR) is 60.8 cm³/mol. The van der Waals surface area contributed by atoms with Crippen molar-refractivity contribution in [2.75, 3.05) is 18.0 Å². The molecule has 2 heterocycles. The molecule has 0 aromatic carbocycles. The minimum Gasteiger partial charge on any atom is -0.353 e. The number of aromatic nitrogens is 2. The maximum absolute atomic E-state index is 6.19. The Kier molecular flexibility index (Phi) is 2.61. The molecule has 0 saturated carbocycles. The lowest BCUT2D eigenvalue weighted by molar-refractivity contribution is 0.305. The summed E-state index contributed by atoms with van der Waals surface area (Å²) in [4.78, 5) is 10.7. The van der Waals surface area contributed by atoms with Crippen LogP contribution in [0.15, 0.2) is 12.3 Å². The molecule has 1 aromatic rings. The predicted octanol–water partition coefficient (Wildman–Crippen LogP) is 1.10. The molecule has 2 N–H and O–H groups in total. The van der Waals surface area contributed by atoms with Crippen LogP contribution in [0.2, 0.25) is 0 Å². The molecule has 15 heavy (non-hydrogen) atoms. The molecular formula is C11H18N4. The lowest BCUT2D eigenvalue weighted by atomic mass is 9.86. The van der Waals surface area contributed by atoms with Gasteiger partial charge in [-0.2, -0.15) is 0 Å². The molecular weight excluding hydrogens is 188 g/mol. The second-order valence-corrected chi connectivity index (χ2v) is 4.43. The fourth-order valence-corrected chi connectivity index (χ4v) is 2.15. The lowest BCUT2D eigenvalue weighted by Crippen LogP contribution is -2.67. The second-order valence-electron chi connectivity index (χ2n) is 4.43. The lowest BCUT2D eigenvalue weighted by Gasteiger charge is -2.48. The zero-order valence-electron chi connectivity index (χ0n) is 9.40. The Labute approximate surface area is 90.5 Å². The summed E-state index contributed by atoms with van der Waals surface area (Å²) in [5, 5.41) is 0. The summed E-state index contributed by atoms with van der Waals surface area (Å²) in [7, 11) is 0. The minimum absolute atomic E-state index is 0.00754. The molecule has 1 aromatic heterocycles. The smallest absolute Gasteiger partial charge is 0.132 e. The Hall–Kier alpha value is -1.16. The Morgan fingerprint density at radius 1 is 1.53 bits per heavy atom. The first kappa shape index (κ1) is 10.4. The third-order valence-electron chi connectivity index (χ3n) is 2.84. The Morgan fingerprint density at radius 3 is 2.87 bits per heavy atom. The highest BCUT2D eigenvalue weighted by atomic mass is 15.3. The first-order valence-corrected chi connectivity index (χ1v) is 5.46. The number of nitrogens with two attached hydrogens (primary N) is 1. The average molecular weight is 206 g/mol. The molecule has 1 aliphatic rings. The first-order valence-electron chi connectivity index (χ1n) is 5.46. The van der Waals surface area contributed by atoms with Gasteiger partial charge in [0.1, 0.15) is 11.6 Å². The molecule has 0 bridgehead atoms. The van der Waals surface area contributed by atoms with Gasteiger partial charge in [-0.3, -0.25) is 0 Å². The normalized spacial score (nSPS) is 18.7. The van der Waals surface area contributed by atoms with E-state index in [0.717, 1.165) is 37.6 Å². The van der Waals surface area contributed by atoms with Crippen molar-refractivity contribution < 1.29 is 0 Å². The van der Waals surface area contributed by atoms with Crippen molar-refractivity contribution >= 4 is 5.82 Å². The Bertz CT molecular complexity index is 344. The molecule has 1 saturated heterocycles. The summed E-state index contributed by atoms with van der Waals surface area (Å²) in [6, 6.07) is 1.94. The number of anilines is 1. The van der Waals surface area contributed by atoms with Crippen molar-refractivity contribution in [1.29, 1.82) is 0 Å². The molecule has 4 heteroatoms. The second kappa shape index (κ2) is 3.77. The van der Waals surface area contributed by atoms with Crippen LogP contribution in [0.25, 0.3) is 0 Å². The Morgan fingerprint density at radius 2 is 2.27 bits per heavy atom. The highest BCUT2D eigenvalue weighted by molar-refractivity contribution is 5.43. The van der Waals surface area contributed by atoms with Crippen LogP contribution in [0.4, 0.5) is 5.82 Å². The summed E-state index contributed by atoms with van der Waals surface area (Å²) in [5.74, 6) is 1.82. The van der Waals surface area contributed by atoms with E-state index in [0.29, 0.717) is 0 Å². The quantitative estimate of drug-likeness (QED) is 0.804. The molecule has 0 amide bonds. The number of hydrogen-bond donors (Lipinski definition) is 1. The highest BCUT2D eigenvalue weighted by Crippen LogP contribution is 2.27. The number of hydrogen-bond acceptors (Lipinski definition) is 4. The summed E-state index contributed by atoms with van der Waals surface area (Å²) >= 11 is 0. The highest BCUT2D eigenvalue weighted by Gasteiger charge is 2.39. The fraction of sp³-hybridized carbons (Fsp3) is 0.636. The van der Waals surface area contributed by atoms with Gasteiger partial charge in [0, 0.05) is 19.3 Å². The van der Waals surface area contributed by atoms with Gasteiger partial charge in [0.2, 0.25) is 0 Å². The minimum atomic E-state index is 0.00754. The van der Waals surface area contributed by atoms with E-state index in [-0.39, 0.29) is 5.54 Å². The van der Waals surface area contributed by atoms with Crippen molar-refractivity contribution in [3.63, 3.8) is 0 Å². The molecule has 2 rings (SSSR count). The maximum atomic E-state index is 6.19. The van der Waals surface area contributed by atoms with Crippen molar-refractivity contribution in [2.24, 2.45) is 5.73 Å². The zero-order chi connectivity index (χ0) is 10.9. The first-order chi connectivity index (χ1) is 7.13. The SMILES string of the molecule is CCCC1(N)CN(c2ccnc(C)n2)C1. The topological polar surface area (TPSA) is 55.0 Å². The van der Waals surface area contributed by atoms with Crippen LogP contribution < -0.4 is 10.6 Å². The van der Waals surface area contributed by atoms with E-state index in [1.807, 2.05) is 13.0 Å². The van der Waals surface area contributed by atoms with Gasteiger partial charge in [-0.25, -0.2) is 9.97 Å². The summed E-state index contributed by atoms with van der Waals surface area (Å²) in [5.41, 5.74) is 6.20. The average Bonchev–Trinajstić information content (AvgIpc) is 2.14. The van der Waals surface area contributed by atoms with Crippen LogP contribution >= 0.6 is 0 Å². The van der Waals surface area contributed by atoms with Crippen LogP contribution in [0.5, 0.6) is 0 Å². The van der Waals surface area contributed by atoms with Gasteiger partial charge in [0.15, 0.2) is 0 Å². The molecule has 0 spiro atoms. The summed E-state index contributed by atoms with van der Waals surface area (Å²) < 4.78 is 0. The van der Waals surface area contributed by atoms with Gasteiger partial charge in [0.05, 0.1) is 5.54 Å². The van der Waals surface area contributed by atoms with E-state index in [9.17, 15) is 0 Å². The molecule has 4 nitrogen and oxygen atoms in total. The third kappa shape index (κ3) is 2.09. The summed E-state index contributed by atoms with van der Waals surface area (Å²) in [6.45, 7) is 5.91. The number of rotatable bonds is 3. The molecule has 0 aliphatic carbocycles. The van der Waals surface area contributed by atoms with Gasteiger partial charge in [-0.15, -0.1) is 0 Å². The maximum Gasteiger partial charge on any atom is 0.132 e. The third-order valence-corrected chi connectivity index (χ3v) is 2.84. The van der Waals surface area contributed by atoms with E-state index in [1.54, 1.807) is 6.20 Å². The van der Waals surface area contributed by atoms with E-state index >= 15 is 0 Å². The van der Waals surface area contributed by atoms with Crippen molar-refractivity contribution in [3.05, 3.63) is 18.1 Å². The van der Waals surface area contributed by atoms with Gasteiger partial charge >= 0.3 is 0 Å². The van der Waals surface area contributed by atoms with Gasteiger partial charge < -0.3 is 10.6 Å². The fourth-order valence-electron chi connectivity index (χ4n) is 2.15. The summed E-state index contributed by atoms with van der Waals surface area (Å²) in [6.07, 6.45) is 4.04. The Balaban J connectivity index is 2.00. The van der Waals surface area contributed by atoms with Crippen molar-refractivity contribution in [3.8, 4) is 0 Å². The molecule has 1 fully saturated rings. The van der Waals surface area contributed by atoms with Crippen LogP contribution in [-0.2, 0) is 0 Å². The van der Waals surface area contributed by atoms with Gasteiger partial charge in [0.25, 0.3) is 0 Å². The standard InChI is InChI=1S/C11H18N4/c1-3-5-11(12)7-15(8-11)10-4-6-13-9(2)14-10/h4,6H,3,5,7-8,12H2,1-2H3. The van der Waals surface area contributed by atoms with Crippen LogP contribution in [0, 0.1) is 6.92 Å². The number of aryl methyl sites for hydroxylation is 1. The largest absolute Gasteiger partial charge is 0.353 e. The molecule has 0 unspecified atom stereocenters. The van der Waals surface area contributed by atoms with Gasteiger partial charge in [-0.05, 0) is 19.4 Å². The van der Waals surface area contributed by atoms with Gasteiger partial charge in [-0.1, -0.05) is 13.3 Å². The molecule has 1 aliphatic heterocycles. The molecule has 0 radical (unpaired) electrons. The monoisotopic (exact) mass is 206 g/mol. The molecule has 82 valence electrons.